The van der Waals surface area contributed by atoms with E-state index in [9.17, 15) is 4.79 Å². The second kappa shape index (κ2) is 15.1. The fourth-order valence-corrected chi connectivity index (χ4v) is 3.74. The lowest BCUT2D eigenvalue weighted by Crippen LogP contribution is -2.50. The van der Waals surface area contributed by atoms with Gasteiger partial charge >= 0.3 is 6.09 Å². The van der Waals surface area contributed by atoms with Crippen LogP contribution in [0.15, 0.2) is 4.99 Å². The molecule has 0 radical (unpaired) electrons. The average molecular weight is 524 g/mol. The lowest BCUT2D eigenvalue weighted by atomic mass is 10.1. The molecular weight excluding hydrogens is 483 g/mol. The summed E-state index contributed by atoms with van der Waals surface area (Å²) in [5.41, 5.74) is 0. The van der Waals surface area contributed by atoms with Crippen LogP contribution in [0.3, 0.4) is 0 Å². The zero-order valence-electron chi connectivity index (χ0n) is 18.5. The molecule has 2 N–H and O–H groups in total. The number of likely N-dealkylation sites (tertiary alicyclic amines) is 1. The molecule has 9 heteroatoms. The van der Waals surface area contributed by atoms with Crippen molar-refractivity contribution in [2.45, 2.75) is 45.6 Å². The zero-order chi connectivity index (χ0) is 20.2. The molecule has 2 aliphatic heterocycles. The van der Waals surface area contributed by atoms with E-state index in [1.165, 1.54) is 19.5 Å². The molecule has 0 aromatic rings. The first-order valence-electron chi connectivity index (χ1n) is 11.0. The first-order valence-corrected chi connectivity index (χ1v) is 11.0. The molecule has 2 fully saturated rings. The second-order valence-corrected chi connectivity index (χ2v) is 7.72. The highest BCUT2D eigenvalue weighted by Crippen LogP contribution is 2.11. The summed E-state index contributed by atoms with van der Waals surface area (Å²) in [6.45, 7) is 13.4. The van der Waals surface area contributed by atoms with E-state index in [0.717, 1.165) is 71.0 Å². The van der Waals surface area contributed by atoms with E-state index in [1.54, 1.807) is 4.90 Å². The standard InChI is InChI=1S/C20H40N6O2.HI/c1-4-21-19(22-10-6-12-25-13-7-11-24(3)16-17-25)23-18-8-14-26(15-9-18)20(27)28-5-2;/h18H,4-17H2,1-3H3,(H2,21,22,23);1H. The number of ether oxygens (including phenoxy) is 1. The number of hydrogen-bond donors (Lipinski definition) is 2. The molecule has 0 bridgehead atoms. The van der Waals surface area contributed by atoms with Gasteiger partial charge in [-0.1, -0.05) is 0 Å². The second-order valence-electron chi connectivity index (χ2n) is 7.72. The third-order valence-electron chi connectivity index (χ3n) is 5.42. The Morgan fingerprint density at radius 3 is 2.55 bits per heavy atom. The molecule has 170 valence electrons. The minimum atomic E-state index is -0.193. The number of nitrogens with one attached hydrogen (secondary N) is 2. The molecule has 2 heterocycles. The Kier molecular flexibility index (Phi) is 13.6. The molecule has 2 saturated heterocycles. The third-order valence-corrected chi connectivity index (χ3v) is 5.42. The fraction of sp³-hybridized carbons (Fsp3) is 0.900. The smallest absolute Gasteiger partial charge is 0.409 e. The topological polar surface area (TPSA) is 72.4 Å². The maximum Gasteiger partial charge on any atom is 0.409 e. The molecule has 0 unspecified atom stereocenters. The van der Waals surface area contributed by atoms with Crippen LogP contribution in [0.25, 0.3) is 0 Å². The van der Waals surface area contributed by atoms with Crippen LogP contribution in [0.2, 0.25) is 0 Å². The van der Waals surface area contributed by atoms with Crippen molar-refractivity contribution >= 4 is 36.0 Å². The fourth-order valence-electron chi connectivity index (χ4n) is 3.74. The SMILES string of the molecule is CCNC(=NCCCN1CCCN(C)CC1)NC1CCN(C(=O)OCC)CC1.I. The van der Waals surface area contributed by atoms with Gasteiger partial charge in [0.2, 0.25) is 0 Å². The van der Waals surface area contributed by atoms with Gasteiger partial charge in [0.25, 0.3) is 0 Å². The maximum absolute atomic E-state index is 11.8. The summed E-state index contributed by atoms with van der Waals surface area (Å²) in [4.78, 5) is 23.4. The van der Waals surface area contributed by atoms with Gasteiger partial charge in [0, 0.05) is 45.3 Å². The van der Waals surface area contributed by atoms with Gasteiger partial charge in [-0.05, 0) is 66.2 Å². The first-order chi connectivity index (χ1) is 13.6. The highest BCUT2D eigenvalue weighted by Gasteiger charge is 2.24. The third kappa shape index (κ3) is 10.2. The number of carbonyl (C=O) groups is 1. The van der Waals surface area contributed by atoms with E-state index in [1.807, 2.05) is 6.92 Å². The monoisotopic (exact) mass is 524 g/mol. The van der Waals surface area contributed by atoms with Gasteiger partial charge < -0.3 is 30.1 Å². The Morgan fingerprint density at radius 1 is 1.10 bits per heavy atom. The normalized spacial score (nSPS) is 20.0. The van der Waals surface area contributed by atoms with Crippen LogP contribution in [0.4, 0.5) is 4.79 Å². The lowest BCUT2D eigenvalue weighted by molar-refractivity contribution is 0.0963. The largest absolute Gasteiger partial charge is 0.450 e. The molecule has 2 rings (SSSR count). The molecule has 0 aromatic carbocycles. The van der Waals surface area contributed by atoms with Gasteiger partial charge in [0.15, 0.2) is 5.96 Å². The summed E-state index contributed by atoms with van der Waals surface area (Å²) >= 11 is 0. The Hall–Kier alpha value is -0.810. The molecule has 1 amide bonds. The van der Waals surface area contributed by atoms with Gasteiger partial charge in [-0.25, -0.2) is 4.79 Å². The first kappa shape index (κ1) is 26.2. The Balaban J connectivity index is 0.00000420. The van der Waals surface area contributed by atoms with Crippen LogP contribution in [0, 0.1) is 0 Å². The zero-order valence-corrected chi connectivity index (χ0v) is 20.8. The summed E-state index contributed by atoms with van der Waals surface area (Å²) in [5.74, 6) is 0.896. The molecule has 8 nitrogen and oxygen atoms in total. The number of carbonyl (C=O) groups excluding carboxylic acids is 1. The summed E-state index contributed by atoms with van der Waals surface area (Å²) < 4.78 is 5.09. The summed E-state index contributed by atoms with van der Waals surface area (Å²) in [6, 6.07) is 0.352. The van der Waals surface area contributed by atoms with E-state index in [2.05, 4.69) is 34.4 Å². The Labute approximate surface area is 193 Å². The highest BCUT2D eigenvalue weighted by atomic mass is 127. The minimum absolute atomic E-state index is 0. The van der Waals surface area contributed by atoms with E-state index in [4.69, 9.17) is 9.73 Å². The van der Waals surface area contributed by atoms with Gasteiger partial charge in [0.1, 0.15) is 0 Å². The van der Waals surface area contributed by atoms with Crippen molar-refractivity contribution in [3.63, 3.8) is 0 Å². The average Bonchev–Trinajstić information content (AvgIpc) is 2.90. The lowest BCUT2D eigenvalue weighted by Gasteiger charge is -2.32. The van der Waals surface area contributed by atoms with Crippen LogP contribution < -0.4 is 10.6 Å². The maximum atomic E-state index is 11.8. The number of aliphatic imine (C=N–C) groups is 1. The molecule has 0 aliphatic carbocycles. The Morgan fingerprint density at radius 2 is 1.86 bits per heavy atom. The molecule has 2 aliphatic rings. The molecule has 0 saturated carbocycles. The van der Waals surface area contributed by atoms with Crippen molar-refractivity contribution in [1.29, 1.82) is 0 Å². The van der Waals surface area contributed by atoms with Crippen LogP contribution in [0.5, 0.6) is 0 Å². The van der Waals surface area contributed by atoms with E-state index < -0.39 is 0 Å². The quantitative estimate of drug-likeness (QED) is 0.229. The van der Waals surface area contributed by atoms with Crippen molar-refractivity contribution in [1.82, 2.24) is 25.3 Å². The number of guanidine groups is 1. The van der Waals surface area contributed by atoms with Crippen LogP contribution in [0.1, 0.15) is 39.5 Å². The van der Waals surface area contributed by atoms with Gasteiger partial charge in [0.05, 0.1) is 6.61 Å². The van der Waals surface area contributed by atoms with Crippen molar-refractivity contribution in [2.24, 2.45) is 4.99 Å². The van der Waals surface area contributed by atoms with Crippen molar-refractivity contribution in [3.05, 3.63) is 0 Å². The van der Waals surface area contributed by atoms with Crippen molar-refractivity contribution < 1.29 is 9.53 Å². The van der Waals surface area contributed by atoms with Crippen LogP contribution >= 0.6 is 24.0 Å². The van der Waals surface area contributed by atoms with E-state index in [0.29, 0.717) is 12.6 Å². The molecule has 0 aromatic heterocycles. The van der Waals surface area contributed by atoms with Crippen molar-refractivity contribution in [3.8, 4) is 0 Å². The number of likely N-dealkylation sites (N-methyl/N-ethyl adjacent to an activating group) is 1. The summed E-state index contributed by atoms with van der Waals surface area (Å²) in [6.07, 6.45) is 3.99. The van der Waals surface area contributed by atoms with Gasteiger partial charge in [-0.15, -0.1) is 24.0 Å². The molecule has 0 atom stereocenters. The van der Waals surface area contributed by atoms with Crippen LogP contribution in [-0.4, -0.2) is 105 Å². The predicted molar refractivity (Wildman–Crippen MR) is 129 cm³/mol. The Bertz CT molecular complexity index is 486. The van der Waals surface area contributed by atoms with E-state index in [-0.39, 0.29) is 30.1 Å². The number of piperidine rings is 1. The number of halogens is 1. The summed E-state index contributed by atoms with van der Waals surface area (Å²) in [5, 5.41) is 6.89. The van der Waals surface area contributed by atoms with Crippen LogP contribution in [-0.2, 0) is 4.74 Å². The highest BCUT2D eigenvalue weighted by molar-refractivity contribution is 14.0. The minimum Gasteiger partial charge on any atom is -0.450 e. The molecule has 0 spiro atoms. The number of rotatable bonds is 7. The predicted octanol–water partition coefficient (Wildman–Crippen LogP) is 1.81. The van der Waals surface area contributed by atoms with Gasteiger partial charge in [-0.2, -0.15) is 0 Å². The number of amides is 1. The molecule has 29 heavy (non-hydrogen) atoms. The number of hydrogen-bond acceptors (Lipinski definition) is 5. The van der Waals surface area contributed by atoms with Gasteiger partial charge in [-0.3, -0.25) is 4.99 Å². The number of nitrogens with zero attached hydrogens (tertiary/aromatic N) is 4. The molecular formula is C20H41IN6O2. The van der Waals surface area contributed by atoms with E-state index >= 15 is 0 Å². The summed E-state index contributed by atoms with van der Waals surface area (Å²) in [7, 11) is 2.21. The van der Waals surface area contributed by atoms with Crippen molar-refractivity contribution in [2.75, 3.05) is 72.6 Å².